The number of hydrogen-bond donors (Lipinski definition) is 2. The fourth-order valence-corrected chi connectivity index (χ4v) is 2.16. The van der Waals surface area contributed by atoms with Gasteiger partial charge in [-0.3, -0.25) is 9.59 Å². The number of rotatable bonds is 4. The van der Waals surface area contributed by atoms with Crippen LogP contribution in [0.25, 0.3) is 0 Å². The van der Waals surface area contributed by atoms with E-state index < -0.39 is 11.8 Å². The Morgan fingerprint density at radius 2 is 1.82 bits per heavy atom. The first-order valence-electron chi connectivity index (χ1n) is 7.03. The van der Waals surface area contributed by atoms with E-state index >= 15 is 0 Å². The summed E-state index contributed by atoms with van der Waals surface area (Å²) >= 11 is 0. The van der Waals surface area contributed by atoms with E-state index in [2.05, 4.69) is 15.8 Å². The molecular formula is C15H19N3O4. The van der Waals surface area contributed by atoms with Gasteiger partial charge in [0.15, 0.2) is 0 Å². The molecule has 0 radical (unpaired) electrons. The molecule has 22 heavy (non-hydrogen) atoms. The van der Waals surface area contributed by atoms with Gasteiger partial charge < -0.3 is 14.8 Å². The number of methoxy groups -OCH3 is 2. The Bertz CT molecular complexity index is 590. The summed E-state index contributed by atoms with van der Waals surface area (Å²) < 4.78 is 10.2. The monoisotopic (exact) mass is 305 g/mol. The highest BCUT2D eigenvalue weighted by Gasteiger charge is 2.17. The molecule has 7 nitrogen and oxygen atoms in total. The number of hydrogen-bond acceptors (Lipinski definition) is 5. The Morgan fingerprint density at radius 3 is 2.45 bits per heavy atom. The quantitative estimate of drug-likeness (QED) is 0.654. The number of ether oxygens (including phenoxy) is 2. The molecule has 1 aliphatic rings. The molecule has 1 aromatic rings. The fourth-order valence-electron chi connectivity index (χ4n) is 2.16. The van der Waals surface area contributed by atoms with Crippen LogP contribution < -0.4 is 20.2 Å². The van der Waals surface area contributed by atoms with Crippen molar-refractivity contribution in [1.29, 1.82) is 0 Å². The third-order valence-electron chi connectivity index (χ3n) is 3.36. The second-order valence-corrected chi connectivity index (χ2v) is 4.85. The zero-order valence-corrected chi connectivity index (χ0v) is 12.6. The molecule has 1 aromatic carbocycles. The van der Waals surface area contributed by atoms with E-state index in [9.17, 15) is 9.59 Å². The highest BCUT2D eigenvalue weighted by molar-refractivity contribution is 6.39. The summed E-state index contributed by atoms with van der Waals surface area (Å²) in [5, 5.41) is 6.45. The molecule has 2 rings (SSSR count). The molecule has 0 aliphatic heterocycles. The van der Waals surface area contributed by atoms with Crippen molar-refractivity contribution in [2.75, 3.05) is 19.5 Å². The van der Waals surface area contributed by atoms with Crippen LogP contribution in [0, 0.1) is 0 Å². The second kappa shape index (κ2) is 7.44. The smallest absolute Gasteiger partial charge is 0.329 e. The summed E-state index contributed by atoms with van der Waals surface area (Å²) in [6.07, 6.45) is 3.89. The molecule has 1 aliphatic carbocycles. The average Bonchev–Trinajstić information content (AvgIpc) is 3.06. The molecule has 0 aromatic heterocycles. The summed E-state index contributed by atoms with van der Waals surface area (Å²) in [5.41, 5.74) is 3.58. The molecule has 2 amide bonds. The first-order valence-corrected chi connectivity index (χ1v) is 7.03. The minimum atomic E-state index is -0.808. The molecule has 2 N–H and O–H groups in total. The number of hydrazone groups is 1. The Hall–Kier alpha value is -2.57. The molecule has 7 heteroatoms. The molecule has 0 atom stereocenters. The third-order valence-corrected chi connectivity index (χ3v) is 3.36. The van der Waals surface area contributed by atoms with Gasteiger partial charge in [-0.25, -0.2) is 5.43 Å². The van der Waals surface area contributed by atoms with Gasteiger partial charge in [-0.05, 0) is 37.8 Å². The highest BCUT2D eigenvalue weighted by atomic mass is 16.5. The first-order chi connectivity index (χ1) is 10.6. The molecule has 118 valence electrons. The molecule has 0 spiro atoms. The highest BCUT2D eigenvalue weighted by Crippen LogP contribution is 2.28. The van der Waals surface area contributed by atoms with Gasteiger partial charge in [-0.2, -0.15) is 5.10 Å². The second-order valence-electron chi connectivity index (χ2n) is 4.85. The van der Waals surface area contributed by atoms with Crippen molar-refractivity contribution in [3.63, 3.8) is 0 Å². The maximum atomic E-state index is 11.9. The summed E-state index contributed by atoms with van der Waals surface area (Å²) in [7, 11) is 3.00. The lowest BCUT2D eigenvalue weighted by atomic mass is 10.2. The normalized spacial score (nSPS) is 13.5. The molecule has 1 saturated carbocycles. The fraction of sp³-hybridized carbons (Fsp3) is 0.400. The number of benzene rings is 1. The van der Waals surface area contributed by atoms with Crippen LogP contribution in [0.15, 0.2) is 23.3 Å². The minimum absolute atomic E-state index is 0.386. The van der Waals surface area contributed by atoms with E-state index in [0.717, 1.165) is 31.4 Å². The number of carbonyl (C=O) groups is 2. The van der Waals surface area contributed by atoms with E-state index in [-0.39, 0.29) is 0 Å². The lowest BCUT2D eigenvalue weighted by Crippen LogP contribution is -2.33. The minimum Gasteiger partial charge on any atom is -0.497 e. The predicted octanol–water partition coefficient (Wildman–Crippen LogP) is 1.69. The van der Waals surface area contributed by atoms with Crippen molar-refractivity contribution in [3.05, 3.63) is 18.2 Å². The van der Waals surface area contributed by atoms with Gasteiger partial charge in [0.25, 0.3) is 0 Å². The molecule has 0 heterocycles. The lowest BCUT2D eigenvalue weighted by Gasteiger charge is -2.11. The van der Waals surface area contributed by atoms with E-state index in [1.807, 2.05) is 0 Å². The molecule has 0 saturated heterocycles. The summed E-state index contributed by atoms with van der Waals surface area (Å²) in [6, 6.07) is 4.88. The summed E-state index contributed by atoms with van der Waals surface area (Å²) in [5.74, 6) is -0.613. The molecule has 0 unspecified atom stereocenters. The topological polar surface area (TPSA) is 89.0 Å². The van der Waals surface area contributed by atoms with Crippen LogP contribution in [0.1, 0.15) is 25.7 Å². The number of carbonyl (C=O) groups excluding carboxylic acids is 2. The maximum absolute atomic E-state index is 11.9. The van der Waals surface area contributed by atoms with Gasteiger partial charge in [-0.15, -0.1) is 0 Å². The van der Waals surface area contributed by atoms with Crippen LogP contribution in [0.4, 0.5) is 5.69 Å². The third kappa shape index (κ3) is 3.97. The molecule has 1 fully saturated rings. The van der Waals surface area contributed by atoms with Gasteiger partial charge in [-0.1, -0.05) is 0 Å². The van der Waals surface area contributed by atoms with Crippen LogP contribution in [0.5, 0.6) is 11.5 Å². The Morgan fingerprint density at radius 1 is 1.09 bits per heavy atom. The Kier molecular flexibility index (Phi) is 5.35. The predicted molar refractivity (Wildman–Crippen MR) is 82.2 cm³/mol. The first kappa shape index (κ1) is 15.8. The van der Waals surface area contributed by atoms with Crippen LogP contribution in [0.2, 0.25) is 0 Å². The summed E-state index contributed by atoms with van der Waals surface area (Å²) in [6.45, 7) is 0. The van der Waals surface area contributed by atoms with Crippen molar-refractivity contribution >= 4 is 23.2 Å². The summed E-state index contributed by atoms with van der Waals surface area (Å²) in [4.78, 5) is 23.6. The van der Waals surface area contributed by atoms with Crippen LogP contribution in [-0.2, 0) is 9.59 Å². The average molecular weight is 305 g/mol. The number of anilines is 1. The molecule has 0 bridgehead atoms. The van der Waals surface area contributed by atoms with Gasteiger partial charge >= 0.3 is 11.8 Å². The standard InChI is InChI=1S/C15H19N3O4/c1-21-11-7-8-12(13(9-11)22-2)16-14(19)15(20)18-17-10-5-3-4-6-10/h7-9H,3-6H2,1-2H3,(H,16,19)(H,18,20). The van der Waals surface area contributed by atoms with E-state index in [1.165, 1.54) is 14.2 Å². The molecular weight excluding hydrogens is 286 g/mol. The van der Waals surface area contributed by atoms with Crippen molar-refractivity contribution in [2.45, 2.75) is 25.7 Å². The van der Waals surface area contributed by atoms with E-state index in [1.54, 1.807) is 18.2 Å². The number of amides is 2. The van der Waals surface area contributed by atoms with Crippen molar-refractivity contribution in [1.82, 2.24) is 5.43 Å². The largest absolute Gasteiger partial charge is 0.497 e. The van der Waals surface area contributed by atoms with Gasteiger partial charge in [0.05, 0.1) is 19.9 Å². The SMILES string of the molecule is COc1ccc(NC(=O)C(=O)NN=C2CCCC2)c(OC)c1. The van der Waals surface area contributed by atoms with Gasteiger partial charge in [0, 0.05) is 11.8 Å². The van der Waals surface area contributed by atoms with Crippen LogP contribution >= 0.6 is 0 Å². The zero-order valence-electron chi connectivity index (χ0n) is 12.6. The van der Waals surface area contributed by atoms with Crippen LogP contribution in [0.3, 0.4) is 0 Å². The number of nitrogens with one attached hydrogen (secondary N) is 2. The Labute approximate surface area is 128 Å². The maximum Gasteiger partial charge on any atom is 0.329 e. The van der Waals surface area contributed by atoms with Gasteiger partial charge in [0.1, 0.15) is 11.5 Å². The van der Waals surface area contributed by atoms with Gasteiger partial charge in [0.2, 0.25) is 0 Å². The van der Waals surface area contributed by atoms with Crippen LogP contribution in [-0.4, -0.2) is 31.7 Å². The van der Waals surface area contributed by atoms with E-state index in [4.69, 9.17) is 9.47 Å². The number of nitrogens with zero attached hydrogens (tertiary/aromatic N) is 1. The van der Waals surface area contributed by atoms with E-state index in [0.29, 0.717) is 17.2 Å². The van der Waals surface area contributed by atoms with Crippen molar-refractivity contribution < 1.29 is 19.1 Å². The van der Waals surface area contributed by atoms with Crippen molar-refractivity contribution in [2.24, 2.45) is 5.10 Å². The van der Waals surface area contributed by atoms with Crippen molar-refractivity contribution in [3.8, 4) is 11.5 Å². The Balaban J connectivity index is 1.98. The zero-order chi connectivity index (χ0) is 15.9. The lowest BCUT2D eigenvalue weighted by molar-refractivity contribution is -0.136.